The summed E-state index contributed by atoms with van der Waals surface area (Å²) in [6, 6.07) is 12.2. The van der Waals surface area contributed by atoms with E-state index in [1.807, 2.05) is 37.3 Å². The Morgan fingerprint density at radius 1 is 1.27 bits per heavy atom. The molecule has 7 nitrogen and oxygen atoms in total. The number of carbonyl (C=O) groups excluding carboxylic acids is 1. The Hall–Kier alpha value is -2.67. The maximum atomic E-state index is 12.7. The fraction of sp³-hybridized carbons (Fsp3) is 0.421. The molecule has 1 aliphatic rings. The van der Waals surface area contributed by atoms with Crippen LogP contribution in [-0.2, 0) is 11.3 Å². The quantitative estimate of drug-likeness (QED) is 0.785. The van der Waals surface area contributed by atoms with Crippen LogP contribution >= 0.6 is 0 Å². The minimum Gasteiger partial charge on any atom is -0.492 e. The summed E-state index contributed by atoms with van der Waals surface area (Å²) in [5.41, 5.74) is 0.00712. The third kappa shape index (κ3) is 4.49. The highest BCUT2D eigenvalue weighted by Gasteiger charge is 2.25. The zero-order chi connectivity index (χ0) is 18.4. The monoisotopic (exact) mass is 357 g/mol. The van der Waals surface area contributed by atoms with Crippen molar-refractivity contribution in [2.24, 2.45) is 0 Å². The third-order valence-electron chi connectivity index (χ3n) is 4.28. The van der Waals surface area contributed by atoms with Gasteiger partial charge in [0, 0.05) is 19.2 Å². The molecule has 1 fully saturated rings. The fourth-order valence-corrected chi connectivity index (χ4v) is 2.80. The second-order valence-corrected chi connectivity index (χ2v) is 6.09. The van der Waals surface area contributed by atoms with Crippen LogP contribution in [0.4, 0.5) is 0 Å². The SMILES string of the molecule is CCC1CN(C(=O)c2ccc(=O)n(CCOc3ccccc3)n2)CCO1. The topological polar surface area (TPSA) is 73.7 Å². The molecule has 1 atom stereocenters. The molecule has 1 amide bonds. The highest BCUT2D eigenvalue weighted by molar-refractivity contribution is 5.92. The number of ether oxygens (including phenoxy) is 2. The van der Waals surface area contributed by atoms with Gasteiger partial charge in [0.25, 0.3) is 11.5 Å². The largest absolute Gasteiger partial charge is 0.492 e. The van der Waals surface area contributed by atoms with Crippen LogP contribution in [0.2, 0.25) is 0 Å². The van der Waals surface area contributed by atoms with Crippen molar-refractivity contribution in [1.82, 2.24) is 14.7 Å². The highest BCUT2D eigenvalue weighted by atomic mass is 16.5. The average Bonchev–Trinajstić information content (AvgIpc) is 2.69. The van der Waals surface area contributed by atoms with Crippen LogP contribution in [-0.4, -0.2) is 53.0 Å². The molecule has 0 bridgehead atoms. The van der Waals surface area contributed by atoms with Crippen LogP contribution in [0.15, 0.2) is 47.3 Å². The smallest absolute Gasteiger partial charge is 0.274 e. The lowest BCUT2D eigenvalue weighted by Gasteiger charge is -2.32. The molecular weight excluding hydrogens is 334 g/mol. The first-order valence-corrected chi connectivity index (χ1v) is 8.84. The van der Waals surface area contributed by atoms with Crippen molar-refractivity contribution in [3.8, 4) is 5.75 Å². The van der Waals surface area contributed by atoms with E-state index >= 15 is 0 Å². The number of benzene rings is 1. The summed E-state index contributed by atoms with van der Waals surface area (Å²) >= 11 is 0. The van der Waals surface area contributed by atoms with Crippen molar-refractivity contribution in [3.05, 3.63) is 58.5 Å². The molecule has 1 saturated heterocycles. The normalized spacial score (nSPS) is 17.1. The van der Waals surface area contributed by atoms with Gasteiger partial charge in [-0.15, -0.1) is 0 Å². The van der Waals surface area contributed by atoms with Gasteiger partial charge >= 0.3 is 0 Å². The fourth-order valence-electron chi connectivity index (χ4n) is 2.80. The van der Waals surface area contributed by atoms with E-state index in [4.69, 9.17) is 9.47 Å². The molecule has 1 aromatic carbocycles. The van der Waals surface area contributed by atoms with Crippen LogP contribution in [0.3, 0.4) is 0 Å². The van der Waals surface area contributed by atoms with Gasteiger partial charge in [-0.05, 0) is 24.6 Å². The lowest BCUT2D eigenvalue weighted by molar-refractivity contribution is -0.0229. The molecular formula is C19H23N3O4. The van der Waals surface area contributed by atoms with Crippen molar-refractivity contribution in [2.75, 3.05) is 26.3 Å². The van der Waals surface area contributed by atoms with Crippen molar-refractivity contribution < 1.29 is 14.3 Å². The second kappa shape index (κ2) is 8.62. The molecule has 0 spiro atoms. The van der Waals surface area contributed by atoms with E-state index in [1.165, 1.54) is 16.8 Å². The van der Waals surface area contributed by atoms with Crippen molar-refractivity contribution >= 4 is 5.91 Å². The molecule has 0 radical (unpaired) electrons. The summed E-state index contributed by atoms with van der Waals surface area (Å²) in [6.07, 6.45) is 0.908. The molecule has 0 saturated carbocycles. The minimum absolute atomic E-state index is 0.0536. The number of aromatic nitrogens is 2. The summed E-state index contributed by atoms with van der Waals surface area (Å²) in [4.78, 5) is 26.4. The molecule has 138 valence electrons. The van der Waals surface area contributed by atoms with Crippen molar-refractivity contribution in [3.63, 3.8) is 0 Å². The third-order valence-corrected chi connectivity index (χ3v) is 4.28. The number of hydrogen-bond donors (Lipinski definition) is 0. The van der Waals surface area contributed by atoms with Crippen LogP contribution in [0.25, 0.3) is 0 Å². The number of para-hydroxylation sites is 1. The van der Waals surface area contributed by atoms with Crippen LogP contribution in [0.1, 0.15) is 23.8 Å². The van der Waals surface area contributed by atoms with Gasteiger partial charge in [0.05, 0.1) is 19.3 Å². The van der Waals surface area contributed by atoms with Gasteiger partial charge in [-0.2, -0.15) is 5.10 Å². The Morgan fingerprint density at radius 3 is 2.85 bits per heavy atom. The first-order chi connectivity index (χ1) is 12.7. The predicted molar refractivity (Wildman–Crippen MR) is 96.4 cm³/mol. The van der Waals surface area contributed by atoms with E-state index in [-0.39, 0.29) is 29.8 Å². The summed E-state index contributed by atoms with van der Waals surface area (Å²) in [6.45, 7) is 4.21. The second-order valence-electron chi connectivity index (χ2n) is 6.09. The van der Waals surface area contributed by atoms with E-state index in [0.29, 0.717) is 26.3 Å². The predicted octanol–water partition coefficient (Wildman–Crippen LogP) is 1.57. The maximum absolute atomic E-state index is 12.7. The van der Waals surface area contributed by atoms with Crippen LogP contribution < -0.4 is 10.3 Å². The molecule has 0 N–H and O–H groups in total. The molecule has 2 heterocycles. The average molecular weight is 357 g/mol. The van der Waals surface area contributed by atoms with Gasteiger partial charge in [-0.1, -0.05) is 25.1 Å². The van der Waals surface area contributed by atoms with E-state index in [9.17, 15) is 9.59 Å². The Morgan fingerprint density at radius 2 is 2.08 bits per heavy atom. The van der Waals surface area contributed by atoms with Gasteiger partial charge in [-0.3, -0.25) is 9.59 Å². The van der Waals surface area contributed by atoms with E-state index in [1.54, 1.807) is 4.90 Å². The molecule has 1 aromatic heterocycles. The molecule has 1 aliphatic heterocycles. The number of rotatable bonds is 6. The maximum Gasteiger partial charge on any atom is 0.274 e. The zero-order valence-corrected chi connectivity index (χ0v) is 14.8. The number of carbonyl (C=O) groups is 1. The van der Waals surface area contributed by atoms with Crippen molar-refractivity contribution in [1.29, 1.82) is 0 Å². The van der Waals surface area contributed by atoms with Crippen LogP contribution in [0, 0.1) is 0 Å². The summed E-state index contributed by atoms with van der Waals surface area (Å²) < 4.78 is 12.5. The lowest BCUT2D eigenvalue weighted by atomic mass is 10.2. The van der Waals surface area contributed by atoms with Gasteiger partial charge in [-0.25, -0.2) is 4.68 Å². The Bertz CT molecular complexity index is 791. The van der Waals surface area contributed by atoms with Gasteiger partial charge < -0.3 is 14.4 Å². The number of hydrogen-bond acceptors (Lipinski definition) is 5. The zero-order valence-electron chi connectivity index (χ0n) is 14.8. The molecule has 26 heavy (non-hydrogen) atoms. The molecule has 2 aromatic rings. The molecule has 0 aliphatic carbocycles. The summed E-state index contributed by atoms with van der Waals surface area (Å²) in [7, 11) is 0. The highest BCUT2D eigenvalue weighted by Crippen LogP contribution is 2.11. The number of nitrogens with zero attached hydrogens (tertiary/aromatic N) is 3. The van der Waals surface area contributed by atoms with Gasteiger partial charge in [0.2, 0.25) is 0 Å². The Kier molecular flexibility index (Phi) is 6.01. The minimum atomic E-state index is -0.258. The van der Waals surface area contributed by atoms with E-state index in [0.717, 1.165) is 12.2 Å². The molecule has 1 unspecified atom stereocenters. The summed E-state index contributed by atoms with van der Waals surface area (Å²) in [5, 5.41) is 4.22. The van der Waals surface area contributed by atoms with E-state index < -0.39 is 0 Å². The van der Waals surface area contributed by atoms with Gasteiger partial charge in [0.1, 0.15) is 18.1 Å². The van der Waals surface area contributed by atoms with E-state index in [2.05, 4.69) is 5.10 Å². The molecule has 3 rings (SSSR count). The standard InChI is InChI=1S/C19H23N3O4/c1-2-15-14-21(10-12-25-15)19(24)17-8-9-18(23)22(20-17)11-13-26-16-6-4-3-5-7-16/h3-9,15H,2,10-14H2,1H3. The molecule has 7 heteroatoms. The lowest BCUT2D eigenvalue weighted by Crippen LogP contribution is -2.46. The number of morpholine rings is 1. The Balaban J connectivity index is 1.65. The number of amides is 1. The first kappa shape index (κ1) is 18.1. The first-order valence-electron chi connectivity index (χ1n) is 8.84. The van der Waals surface area contributed by atoms with Crippen LogP contribution in [0.5, 0.6) is 5.75 Å². The van der Waals surface area contributed by atoms with Gasteiger partial charge in [0.15, 0.2) is 0 Å². The summed E-state index contributed by atoms with van der Waals surface area (Å²) in [5.74, 6) is 0.552. The Labute approximate surface area is 152 Å². The van der Waals surface area contributed by atoms with Crippen molar-refractivity contribution in [2.45, 2.75) is 26.0 Å².